The lowest BCUT2D eigenvalue weighted by Gasteiger charge is -2.51. The minimum atomic E-state index is -5.63. The van der Waals surface area contributed by atoms with Crippen LogP contribution in [0.4, 0.5) is 23.2 Å². The fraction of sp³-hybridized carbons (Fsp3) is 0.545. The van der Waals surface area contributed by atoms with E-state index in [1.807, 2.05) is 0 Å². The molecule has 0 aliphatic heterocycles. The molecule has 0 spiro atoms. The van der Waals surface area contributed by atoms with Crippen molar-refractivity contribution >= 4 is 33.3 Å². The number of benzene rings is 2. The summed E-state index contributed by atoms with van der Waals surface area (Å²) < 4.78 is 89.5. The number of methoxy groups -OCH3 is 1. The average molecular weight is 697 g/mol. The molecule has 0 radical (unpaired) electrons. The number of sulfone groups is 1. The number of halogens is 4. The van der Waals surface area contributed by atoms with E-state index in [1.54, 1.807) is 0 Å². The van der Waals surface area contributed by atoms with Gasteiger partial charge in [-0.25, -0.2) is 12.8 Å². The third-order valence-corrected chi connectivity index (χ3v) is 12.6. The molecule has 5 saturated carbocycles. The SMILES string of the molecule is COc1cc(F)c(OCC23CCC(C(=O)O)(CC2)CC3)cc1C(=O)N[C@@H]1[C@H]2CC[C@H](C2)[C@@H]1C(=O)Nc1cccc(S(=O)(=O)C(F)(F)F)c1. The Balaban J connectivity index is 1.17. The molecule has 5 fully saturated rings. The standard InChI is InChI=1S/C33H36F4N2O8S/c1-46-24-16-23(34)25(47-17-31-7-10-32(11-8-31,12-9-31)30(42)43)15-22(24)28(40)39-27-19-6-5-18(13-19)26(27)29(41)38-20-3-2-4-21(14-20)48(44,45)33(35,36)37/h2-4,14-16,18-19,26-27H,5-13,17H2,1H3,(H,38,41)(H,39,40)(H,42,43)/t18-,19+,26+,27-,31?,32?/m1/s1. The molecule has 2 aromatic carbocycles. The quantitative estimate of drug-likeness (QED) is 0.268. The molecule has 10 nitrogen and oxygen atoms in total. The fourth-order valence-corrected chi connectivity index (χ4v) is 9.04. The van der Waals surface area contributed by atoms with Gasteiger partial charge in [-0.15, -0.1) is 0 Å². The van der Waals surface area contributed by atoms with Crippen LogP contribution in [-0.4, -0.2) is 56.6 Å². The van der Waals surface area contributed by atoms with Gasteiger partial charge in [0.05, 0.1) is 35.5 Å². The number of amides is 2. The molecular weight excluding hydrogens is 660 g/mol. The van der Waals surface area contributed by atoms with Crippen LogP contribution in [0.15, 0.2) is 41.3 Å². The number of fused-ring (bicyclic) bond motifs is 5. The van der Waals surface area contributed by atoms with E-state index < -0.39 is 61.2 Å². The Morgan fingerprint density at radius 1 is 0.979 bits per heavy atom. The van der Waals surface area contributed by atoms with Crippen molar-refractivity contribution in [1.29, 1.82) is 0 Å². The molecule has 2 aromatic rings. The number of carboxylic acid groups (broad SMARTS) is 1. The summed E-state index contributed by atoms with van der Waals surface area (Å²) in [7, 11) is -4.35. The van der Waals surface area contributed by atoms with Gasteiger partial charge in [0, 0.05) is 23.2 Å². The van der Waals surface area contributed by atoms with Gasteiger partial charge in [-0.1, -0.05) is 6.07 Å². The number of anilines is 1. The van der Waals surface area contributed by atoms with Gasteiger partial charge in [0.25, 0.3) is 15.7 Å². The summed E-state index contributed by atoms with van der Waals surface area (Å²) in [5.74, 6) is -3.89. The summed E-state index contributed by atoms with van der Waals surface area (Å²) >= 11 is 0. The maximum absolute atomic E-state index is 15.1. The van der Waals surface area contributed by atoms with Crippen molar-refractivity contribution in [2.24, 2.45) is 28.6 Å². The topological polar surface area (TPSA) is 148 Å². The van der Waals surface area contributed by atoms with Crippen LogP contribution in [0, 0.1) is 34.4 Å². The van der Waals surface area contributed by atoms with E-state index in [0.29, 0.717) is 51.4 Å². The number of carboxylic acids is 1. The van der Waals surface area contributed by atoms with Gasteiger partial charge >= 0.3 is 11.5 Å². The predicted octanol–water partition coefficient (Wildman–Crippen LogP) is 5.72. The van der Waals surface area contributed by atoms with Crippen LogP contribution >= 0.6 is 0 Å². The Kier molecular flexibility index (Phi) is 8.66. The summed E-state index contributed by atoms with van der Waals surface area (Å²) in [6.07, 6.45) is 5.57. The molecule has 3 N–H and O–H groups in total. The Labute approximate surface area is 274 Å². The molecule has 48 heavy (non-hydrogen) atoms. The van der Waals surface area contributed by atoms with Gasteiger partial charge in [0.2, 0.25) is 5.91 Å². The third-order valence-electron chi connectivity index (χ3n) is 11.1. The Morgan fingerprint density at radius 3 is 2.27 bits per heavy atom. The summed E-state index contributed by atoms with van der Waals surface area (Å²) in [5.41, 5.74) is -6.65. The van der Waals surface area contributed by atoms with Gasteiger partial charge in [0.15, 0.2) is 11.6 Å². The van der Waals surface area contributed by atoms with Gasteiger partial charge in [-0.3, -0.25) is 14.4 Å². The smallest absolute Gasteiger partial charge is 0.496 e. The molecule has 4 bridgehead atoms. The summed E-state index contributed by atoms with van der Waals surface area (Å²) in [4.78, 5) is 38.0. The van der Waals surface area contributed by atoms with Crippen molar-refractivity contribution in [3.8, 4) is 11.5 Å². The second-order valence-corrected chi connectivity index (χ2v) is 15.6. The fourth-order valence-electron chi connectivity index (χ4n) is 8.23. The second-order valence-electron chi connectivity index (χ2n) is 13.7. The summed E-state index contributed by atoms with van der Waals surface area (Å²) in [6.45, 7) is 0.160. The molecule has 4 atom stereocenters. The minimum absolute atomic E-state index is 0.0180. The molecule has 5 aliphatic rings. The summed E-state index contributed by atoms with van der Waals surface area (Å²) in [5, 5.41) is 15.1. The lowest BCUT2D eigenvalue weighted by molar-refractivity contribution is -0.160. The Hall–Kier alpha value is -3.88. The molecule has 7 rings (SSSR count). The first-order valence-electron chi connectivity index (χ1n) is 15.8. The van der Waals surface area contributed by atoms with Gasteiger partial charge < -0.3 is 25.2 Å². The van der Waals surface area contributed by atoms with Gasteiger partial charge in [-0.2, -0.15) is 13.2 Å². The number of ether oxygens (including phenoxy) is 2. The first-order chi connectivity index (χ1) is 22.6. The molecule has 260 valence electrons. The highest BCUT2D eigenvalue weighted by atomic mass is 32.2. The molecule has 15 heteroatoms. The molecule has 0 saturated heterocycles. The van der Waals surface area contributed by atoms with Crippen LogP contribution in [0.2, 0.25) is 0 Å². The zero-order valence-electron chi connectivity index (χ0n) is 26.1. The highest BCUT2D eigenvalue weighted by molar-refractivity contribution is 7.92. The zero-order valence-corrected chi connectivity index (χ0v) is 26.9. The van der Waals surface area contributed by atoms with Crippen LogP contribution in [-0.2, 0) is 19.4 Å². The van der Waals surface area contributed by atoms with Crippen molar-refractivity contribution in [2.45, 2.75) is 74.2 Å². The lowest BCUT2D eigenvalue weighted by atomic mass is 9.54. The molecule has 0 unspecified atom stereocenters. The molecular formula is C33H36F4N2O8S. The van der Waals surface area contributed by atoms with Crippen LogP contribution < -0.4 is 20.1 Å². The summed E-state index contributed by atoms with van der Waals surface area (Å²) in [6, 6.07) is 5.56. The third kappa shape index (κ3) is 5.98. The van der Waals surface area contributed by atoms with Crippen LogP contribution in [0.25, 0.3) is 0 Å². The largest absolute Gasteiger partial charge is 0.501 e. The predicted molar refractivity (Wildman–Crippen MR) is 163 cm³/mol. The number of carbonyl (C=O) groups excluding carboxylic acids is 2. The maximum Gasteiger partial charge on any atom is 0.501 e. The van der Waals surface area contributed by atoms with E-state index in [2.05, 4.69) is 10.6 Å². The molecule has 0 aromatic heterocycles. The lowest BCUT2D eigenvalue weighted by Crippen LogP contribution is -2.48. The number of nitrogens with one attached hydrogen (secondary N) is 2. The van der Waals surface area contributed by atoms with Gasteiger partial charge in [-0.05, 0) is 93.9 Å². The molecule has 2 amide bonds. The van der Waals surface area contributed by atoms with E-state index in [1.165, 1.54) is 19.2 Å². The van der Waals surface area contributed by atoms with E-state index >= 15 is 4.39 Å². The number of carbonyl (C=O) groups is 3. The number of rotatable bonds is 10. The first-order valence-corrected chi connectivity index (χ1v) is 17.3. The number of alkyl halides is 3. The highest BCUT2D eigenvalue weighted by Crippen LogP contribution is 2.57. The van der Waals surface area contributed by atoms with Crippen molar-refractivity contribution < 1.29 is 54.9 Å². The van der Waals surface area contributed by atoms with Crippen LogP contribution in [0.5, 0.6) is 11.5 Å². The number of hydrogen-bond acceptors (Lipinski definition) is 7. The van der Waals surface area contributed by atoms with E-state index in [9.17, 15) is 41.1 Å². The minimum Gasteiger partial charge on any atom is -0.496 e. The Morgan fingerprint density at radius 2 is 1.65 bits per heavy atom. The van der Waals surface area contributed by atoms with Gasteiger partial charge in [0.1, 0.15) is 5.75 Å². The normalized spacial score (nSPS) is 29.4. The Bertz CT molecular complexity index is 1720. The van der Waals surface area contributed by atoms with Crippen molar-refractivity contribution in [2.75, 3.05) is 19.0 Å². The average Bonchev–Trinajstić information content (AvgIpc) is 3.66. The zero-order chi connectivity index (χ0) is 34.6. The first kappa shape index (κ1) is 34.0. The van der Waals surface area contributed by atoms with Crippen molar-refractivity contribution in [3.63, 3.8) is 0 Å². The van der Waals surface area contributed by atoms with Crippen LogP contribution in [0.3, 0.4) is 0 Å². The number of aliphatic carboxylic acids is 1. The monoisotopic (exact) mass is 696 g/mol. The van der Waals surface area contributed by atoms with Crippen molar-refractivity contribution in [1.82, 2.24) is 5.32 Å². The second kappa shape index (κ2) is 12.2. The highest BCUT2D eigenvalue weighted by Gasteiger charge is 2.54. The van der Waals surface area contributed by atoms with Crippen molar-refractivity contribution in [3.05, 3.63) is 47.8 Å². The number of hydrogen-bond donors (Lipinski definition) is 3. The van der Waals surface area contributed by atoms with E-state index in [4.69, 9.17) is 9.47 Å². The maximum atomic E-state index is 15.1. The molecule has 0 heterocycles. The molecule has 5 aliphatic carbocycles. The van der Waals surface area contributed by atoms with E-state index in [0.717, 1.165) is 30.7 Å². The van der Waals surface area contributed by atoms with E-state index in [-0.39, 0.29) is 46.6 Å². The van der Waals surface area contributed by atoms with Crippen LogP contribution in [0.1, 0.15) is 68.1 Å².